The average molecular weight is 250 g/mol. The molecule has 100 valence electrons. The van der Waals surface area contributed by atoms with Crippen LogP contribution in [0.3, 0.4) is 0 Å². The highest BCUT2D eigenvalue weighted by molar-refractivity contribution is 5.27. The van der Waals surface area contributed by atoms with E-state index < -0.39 is 0 Å². The van der Waals surface area contributed by atoms with Gasteiger partial charge in [-0.3, -0.25) is 0 Å². The van der Waals surface area contributed by atoms with E-state index >= 15 is 0 Å². The number of aliphatic hydroxyl groups excluding tert-OH is 1. The van der Waals surface area contributed by atoms with Crippen LogP contribution in [0.15, 0.2) is 24.3 Å². The van der Waals surface area contributed by atoms with Gasteiger partial charge in [-0.2, -0.15) is 0 Å². The molecule has 2 N–H and O–H groups in total. The summed E-state index contributed by atoms with van der Waals surface area (Å²) >= 11 is 0. The molecule has 1 heterocycles. The first-order valence-corrected chi connectivity index (χ1v) is 6.92. The minimum absolute atomic E-state index is 0.230. The van der Waals surface area contributed by atoms with Gasteiger partial charge in [0, 0.05) is 6.42 Å². The van der Waals surface area contributed by atoms with Gasteiger partial charge in [0.15, 0.2) is 0 Å². The Balaban J connectivity index is 1.80. The fourth-order valence-corrected chi connectivity index (χ4v) is 2.69. The molecule has 1 atom stereocenters. The van der Waals surface area contributed by atoms with Crippen LogP contribution in [0.1, 0.15) is 24.8 Å². The fraction of sp³-hybridized carbons (Fsp3) is 0.600. The number of benzene rings is 1. The highest BCUT2D eigenvalue weighted by atomic mass is 16.5. The topological polar surface area (TPSA) is 33.9 Å². The predicted octanol–water partition coefficient (Wildman–Crippen LogP) is 0.667. The lowest BCUT2D eigenvalue weighted by atomic mass is 10.1. The van der Waals surface area contributed by atoms with Crippen molar-refractivity contribution in [1.82, 2.24) is 0 Å². The number of rotatable bonds is 5. The molecule has 0 saturated carbocycles. The lowest BCUT2D eigenvalue weighted by Crippen LogP contribution is -3.13. The van der Waals surface area contributed by atoms with E-state index in [4.69, 9.17) is 4.74 Å². The summed E-state index contributed by atoms with van der Waals surface area (Å²) < 4.78 is 5.13. The molecule has 0 spiro atoms. The molecule has 1 aliphatic heterocycles. The van der Waals surface area contributed by atoms with Crippen molar-refractivity contribution in [3.8, 4) is 5.75 Å². The second-order valence-electron chi connectivity index (χ2n) is 5.22. The van der Waals surface area contributed by atoms with Gasteiger partial charge in [-0.05, 0) is 37.0 Å². The molecule has 1 fully saturated rings. The van der Waals surface area contributed by atoms with Crippen molar-refractivity contribution in [3.63, 3.8) is 0 Å². The second kappa shape index (κ2) is 6.76. The zero-order chi connectivity index (χ0) is 12.8. The van der Waals surface area contributed by atoms with Crippen molar-refractivity contribution in [2.75, 3.05) is 26.7 Å². The molecule has 3 nitrogen and oxygen atoms in total. The number of piperidine rings is 1. The number of quaternary nitrogens is 1. The Morgan fingerprint density at radius 3 is 2.44 bits per heavy atom. The summed E-state index contributed by atoms with van der Waals surface area (Å²) in [5.74, 6) is 0.870. The Labute approximate surface area is 109 Å². The highest BCUT2D eigenvalue weighted by Crippen LogP contribution is 2.12. The van der Waals surface area contributed by atoms with E-state index in [1.54, 1.807) is 12.0 Å². The summed E-state index contributed by atoms with van der Waals surface area (Å²) in [6, 6.07) is 7.98. The molecular formula is C15H24NO2+. The number of methoxy groups -OCH3 is 1. The molecule has 18 heavy (non-hydrogen) atoms. The molecule has 0 aliphatic carbocycles. The van der Waals surface area contributed by atoms with E-state index in [0.29, 0.717) is 0 Å². The van der Waals surface area contributed by atoms with Crippen molar-refractivity contribution >= 4 is 0 Å². The molecule has 1 aromatic rings. The maximum absolute atomic E-state index is 10.1. The minimum atomic E-state index is -0.230. The molecular weight excluding hydrogens is 226 g/mol. The van der Waals surface area contributed by atoms with Gasteiger partial charge in [-0.1, -0.05) is 12.1 Å². The summed E-state index contributed by atoms with van der Waals surface area (Å²) in [6.07, 6.45) is 4.49. The number of likely N-dealkylation sites (tertiary alicyclic amines) is 1. The van der Waals surface area contributed by atoms with Gasteiger partial charge in [0.2, 0.25) is 0 Å². The largest absolute Gasteiger partial charge is 0.497 e. The Bertz CT molecular complexity index is 344. The maximum atomic E-state index is 10.1. The van der Waals surface area contributed by atoms with E-state index in [0.717, 1.165) is 18.7 Å². The standard InChI is InChI=1S/C15H23NO2/c1-18-15-7-5-13(6-8-15)11-14(17)12-16-9-3-2-4-10-16/h5-8,14,17H,2-4,9-12H2,1H3/p+1/t14-/m1/s1. The van der Waals surface area contributed by atoms with Gasteiger partial charge in [-0.25, -0.2) is 0 Å². The van der Waals surface area contributed by atoms with Crippen molar-refractivity contribution in [2.24, 2.45) is 0 Å². The second-order valence-corrected chi connectivity index (χ2v) is 5.22. The Morgan fingerprint density at radius 1 is 1.17 bits per heavy atom. The molecule has 0 amide bonds. The number of nitrogens with one attached hydrogen (secondary N) is 1. The molecule has 1 aliphatic rings. The molecule has 1 aromatic carbocycles. The molecule has 3 heteroatoms. The monoisotopic (exact) mass is 250 g/mol. The van der Waals surface area contributed by atoms with Crippen LogP contribution < -0.4 is 9.64 Å². The van der Waals surface area contributed by atoms with E-state index in [1.807, 2.05) is 24.3 Å². The fourth-order valence-electron chi connectivity index (χ4n) is 2.69. The van der Waals surface area contributed by atoms with Gasteiger partial charge in [-0.15, -0.1) is 0 Å². The number of hydrogen-bond acceptors (Lipinski definition) is 2. The Kier molecular flexibility index (Phi) is 5.02. The lowest BCUT2D eigenvalue weighted by molar-refractivity contribution is -0.907. The summed E-state index contributed by atoms with van der Waals surface area (Å²) in [5.41, 5.74) is 1.18. The van der Waals surface area contributed by atoms with Crippen LogP contribution in [-0.4, -0.2) is 38.0 Å². The quantitative estimate of drug-likeness (QED) is 0.805. The predicted molar refractivity (Wildman–Crippen MR) is 72.1 cm³/mol. The number of ether oxygens (including phenoxy) is 1. The van der Waals surface area contributed by atoms with E-state index in [-0.39, 0.29) is 6.10 Å². The SMILES string of the molecule is COc1ccc(C[C@@H](O)C[NH+]2CCCCC2)cc1. The van der Waals surface area contributed by atoms with E-state index in [2.05, 4.69) is 0 Å². The summed E-state index contributed by atoms with van der Waals surface area (Å²) in [4.78, 5) is 1.56. The average Bonchev–Trinajstić information content (AvgIpc) is 2.40. The van der Waals surface area contributed by atoms with Crippen molar-refractivity contribution in [1.29, 1.82) is 0 Å². The van der Waals surface area contributed by atoms with Crippen LogP contribution in [0.5, 0.6) is 5.75 Å². The van der Waals surface area contributed by atoms with Gasteiger partial charge in [0.25, 0.3) is 0 Å². The Morgan fingerprint density at radius 2 is 1.83 bits per heavy atom. The minimum Gasteiger partial charge on any atom is -0.497 e. The normalized spacial score (nSPS) is 18.6. The van der Waals surface area contributed by atoms with Crippen LogP contribution in [-0.2, 0) is 6.42 Å². The molecule has 0 bridgehead atoms. The van der Waals surface area contributed by atoms with Crippen LogP contribution in [0.25, 0.3) is 0 Å². The van der Waals surface area contributed by atoms with Crippen molar-refractivity contribution < 1.29 is 14.7 Å². The van der Waals surface area contributed by atoms with Gasteiger partial charge >= 0.3 is 0 Å². The molecule has 1 saturated heterocycles. The maximum Gasteiger partial charge on any atom is 0.118 e. The third-order valence-corrected chi connectivity index (χ3v) is 3.72. The van der Waals surface area contributed by atoms with Crippen molar-refractivity contribution in [3.05, 3.63) is 29.8 Å². The van der Waals surface area contributed by atoms with Gasteiger partial charge in [0.05, 0.1) is 20.2 Å². The molecule has 0 aromatic heterocycles. The van der Waals surface area contributed by atoms with Crippen LogP contribution in [0.4, 0.5) is 0 Å². The zero-order valence-electron chi connectivity index (χ0n) is 11.2. The lowest BCUT2D eigenvalue weighted by Gasteiger charge is -2.25. The van der Waals surface area contributed by atoms with E-state index in [9.17, 15) is 5.11 Å². The molecule has 2 rings (SSSR count). The first kappa shape index (κ1) is 13.4. The van der Waals surface area contributed by atoms with Crippen LogP contribution >= 0.6 is 0 Å². The van der Waals surface area contributed by atoms with Gasteiger partial charge < -0.3 is 14.7 Å². The van der Waals surface area contributed by atoms with Crippen LogP contribution in [0.2, 0.25) is 0 Å². The molecule has 0 unspecified atom stereocenters. The van der Waals surface area contributed by atoms with E-state index in [1.165, 1.54) is 37.9 Å². The van der Waals surface area contributed by atoms with Gasteiger partial charge in [0.1, 0.15) is 18.4 Å². The zero-order valence-corrected chi connectivity index (χ0v) is 11.2. The first-order chi connectivity index (χ1) is 8.78. The smallest absolute Gasteiger partial charge is 0.118 e. The summed E-state index contributed by atoms with van der Waals surface area (Å²) in [5, 5.41) is 10.1. The first-order valence-electron chi connectivity index (χ1n) is 6.92. The number of aliphatic hydroxyl groups is 1. The number of hydrogen-bond donors (Lipinski definition) is 2. The third kappa shape index (κ3) is 4.00. The van der Waals surface area contributed by atoms with Crippen molar-refractivity contribution in [2.45, 2.75) is 31.8 Å². The third-order valence-electron chi connectivity index (χ3n) is 3.72. The Hall–Kier alpha value is -1.06. The van der Waals surface area contributed by atoms with Crippen LogP contribution in [0, 0.1) is 0 Å². The highest BCUT2D eigenvalue weighted by Gasteiger charge is 2.17. The molecule has 0 radical (unpaired) electrons. The summed E-state index contributed by atoms with van der Waals surface area (Å²) in [7, 11) is 1.67. The summed E-state index contributed by atoms with van der Waals surface area (Å²) in [6.45, 7) is 3.32.